The van der Waals surface area contributed by atoms with Crippen molar-refractivity contribution in [3.05, 3.63) is 52.2 Å². The number of piperidine rings is 1. The first-order valence-corrected chi connectivity index (χ1v) is 10.4. The van der Waals surface area contributed by atoms with Crippen LogP contribution in [0, 0.1) is 0 Å². The molecular weight excluding hydrogens is 356 g/mol. The lowest BCUT2D eigenvalue weighted by molar-refractivity contribution is -0.119. The van der Waals surface area contributed by atoms with Crippen molar-refractivity contribution in [1.82, 2.24) is 10.2 Å². The van der Waals surface area contributed by atoms with Crippen LogP contribution in [0.15, 0.2) is 46.8 Å². The molecule has 0 bridgehead atoms. The molecule has 6 heteroatoms. The van der Waals surface area contributed by atoms with Crippen molar-refractivity contribution in [2.75, 3.05) is 32.1 Å². The van der Waals surface area contributed by atoms with Gasteiger partial charge in [0, 0.05) is 50.7 Å². The topological polar surface area (TPSA) is 47.9 Å². The van der Waals surface area contributed by atoms with Crippen molar-refractivity contribution in [2.24, 2.45) is 4.99 Å². The van der Waals surface area contributed by atoms with Crippen molar-refractivity contribution in [3.8, 4) is 0 Å². The molecule has 0 spiro atoms. The number of benzene rings is 1. The van der Waals surface area contributed by atoms with E-state index in [4.69, 9.17) is 0 Å². The lowest BCUT2D eigenvalue weighted by Crippen LogP contribution is -2.39. The van der Waals surface area contributed by atoms with Gasteiger partial charge in [0.15, 0.2) is 5.96 Å². The van der Waals surface area contributed by atoms with Crippen molar-refractivity contribution in [2.45, 2.75) is 32.2 Å². The number of carbonyl (C=O) groups is 1. The predicted octanol–water partition coefficient (Wildman–Crippen LogP) is 3.51. The average Bonchev–Trinajstić information content (AvgIpc) is 3.21. The van der Waals surface area contributed by atoms with Gasteiger partial charge in [-0.3, -0.25) is 9.79 Å². The number of nitrogens with zero attached hydrogens (tertiary/aromatic N) is 3. The van der Waals surface area contributed by atoms with E-state index in [0.717, 1.165) is 44.0 Å². The fraction of sp³-hybridized carbons (Fsp3) is 0.429. The third-order valence-electron chi connectivity index (χ3n) is 4.87. The van der Waals surface area contributed by atoms with Gasteiger partial charge in [-0.25, -0.2) is 0 Å². The highest BCUT2D eigenvalue weighted by Crippen LogP contribution is 2.21. The molecule has 1 fully saturated rings. The first kappa shape index (κ1) is 19.4. The van der Waals surface area contributed by atoms with Crippen LogP contribution in [0.3, 0.4) is 0 Å². The lowest BCUT2D eigenvalue weighted by atomic mass is 10.1. The summed E-state index contributed by atoms with van der Waals surface area (Å²) in [7, 11) is 3.88. The van der Waals surface area contributed by atoms with E-state index in [-0.39, 0.29) is 5.91 Å². The Labute approximate surface area is 165 Å². The summed E-state index contributed by atoms with van der Waals surface area (Å²) in [6.45, 7) is 2.47. The summed E-state index contributed by atoms with van der Waals surface area (Å²) in [5.74, 6) is 1.13. The van der Waals surface area contributed by atoms with Gasteiger partial charge in [-0.15, -0.1) is 11.3 Å². The molecule has 0 aliphatic carbocycles. The van der Waals surface area contributed by atoms with Crippen LogP contribution in [0.2, 0.25) is 0 Å². The molecule has 1 aliphatic rings. The number of rotatable bonds is 6. The number of hydrogen-bond donors (Lipinski definition) is 1. The Morgan fingerprint density at radius 3 is 2.74 bits per heavy atom. The smallest absolute Gasteiger partial charge is 0.226 e. The molecule has 0 unspecified atom stereocenters. The zero-order valence-corrected chi connectivity index (χ0v) is 17.0. The highest BCUT2D eigenvalue weighted by Gasteiger charge is 2.19. The van der Waals surface area contributed by atoms with Gasteiger partial charge in [0.1, 0.15) is 0 Å². The third-order valence-corrected chi connectivity index (χ3v) is 5.81. The fourth-order valence-electron chi connectivity index (χ4n) is 3.28. The number of amides is 1. The van der Waals surface area contributed by atoms with E-state index in [0.29, 0.717) is 13.0 Å². The molecular formula is C21H28N4OS. The van der Waals surface area contributed by atoms with Crippen molar-refractivity contribution in [3.63, 3.8) is 0 Å². The first-order chi connectivity index (χ1) is 13.2. The zero-order chi connectivity index (χ0) is 19.1. The van der Waals surface area contributed by atoms with Gasteiger partial charge in [-0.05, 0) is 48.4 Å². The molecule has 0 saturated carbocycles. The quantitative estimate of drug-likeness (QED) is 0.612. The standard InChI is InChI=1S/C21H28N4OS/c1-22-21(24(2)14-12-19-6-5-15-27-19)23-16-17-8-10-18(11-9-17)25-13-4-3-7-20(25)26/h5-6,8-11,15H,3-4,7,12-14,16H2,1-2H3,(H,22,23). The maximum absolute atomic E-state index is 12.0. The number of thiophene rings is 1. The second-order valence-electron chi connectivity index (χ2n) is 6.82. The molecule has 1 aromatic heterocycles. The molecule has 27 heavy (non-hydrogen) atoms. The van der Waals surface area contributed by atoms with E-state index in [1.165, 1.54) is 10.4 Å². The van der Waals surface area contributed by atoms with E-state index in [2.05, 4.69) is 51.9 Å². The van der Waals surface area contributed by atoms with Gasteiger partial charge in [-0.2, -0.15) is 0 Å². The Morgan fingerprint density at radius 2 is 2.07 bits per heavy atom. The number of carbonyl (C=O) groups excluding carboxylic acids is 1. The summed E-state index contributed by atoms with van der Waals surface area (Å²) < 4.78 is 0. The molecule has 0 radical (unpaired) electrons. The molecule has 1 aromatic carbocycles. The van der Waals surface area contributed by atoms with E-state index >= 15 is 0 Å². The second-order valence-corrected chi connectivity index (χ2v) is 7.85. The average molecular weight is 385 g/mol. The summed E-state index contributed by atoms with van der Waals surface area (Å²) in [4.78, 5) is 21.9. The molecule has 1 aliphatic heterocycles. The van der Waals surface area contributed by atoms with Gasteiger partial charge in [0.05, 0.1) is 0 Å². The fourth-order valence-corrected chi connectivity index (χ4v) is 3.98. The van der Waals surface area contributed by atoms with Crippen LogP contribution in [0.5, 0.6) is 0 Å². The summed E-state index contributed by atoms with van der Waals surface area (Å²) >= 11 is 1.79. The summed E-state index contributed by atoms with van der Waals surface area (Å²) in [5, 5.41) is 5.54. The third kappa shape index (κ3) is 5.32. The molecule has 2 aromatic rings. The van der Waals surface area contributed by atoms with E-state index in [1.54, 1.807) is 11.3 Å². The number of aliphatic imine (C=N–C) groups is 1. The molecule has 1 saturated heterocycles. The normalized spacial score (nSPS) is 15.1. The van der Waals surface area contributed by atoms with E-state index in [1.807, 2.05) is 24.1 Å². The molecule has 3 rings (SSSR count). The Hall–Kier alpha value is -2.34. The predicted molar refractivity (Wildman–Crippen MR) is 113 cm³/mol. The monoisotopic (exact) mass is 384 g/mol. The van der Waals surface area contributed by atoms with Gasteiger partial charge in [0.2, 0.25) is 5.91 Å². The number of nitrogens with one attached hydrogen (secondary N) is 1. The highest BCUT2D eigenvalue weighted by molar-refractivity contribution is 7.09. The summed E-state index contributed by atoms with van der Waals surface area (Å²) in [6.07, 6.45) is 3.78. The summed E-state index contributed by atoms with van der Waals surface area (Å²) in [5.41, 5.74) is 2.18. The Kier molecular flexibility index (Phi) is 6.87. The van der Waals surface area contributed by atoms with Crippen LogP contribution in [0.4, 0.5) is 5.69 Å². The molecule has 5 nitrogen and oxygen atoms in total. The minimum atomic E-state index is 0.236. The number of anilines is 1. The lowest BCUT2D eigenvalue weighted by Gasteiger charge is -2.27. The highest BCUT2D eigenvalue weighted by atomic mass is 32.1. The van der Waals surface area contributed by atoms with Crippen LogP contribution in [0.25, 0.3) is 0 Å². The summed E-state index contributed by atoms with van der Waals surface area (Å²) in [6, 6.07) is 12.5. The molecule has 1 N–H and O–H groups in total. The molecule has 1 amide bonds. The maximum atomic E-state index is 12.0. The molecule has 0 atom stereocenters. The van der Waals surface area contributed by atoms with Gasteiger partial charge >= 0.3 is 0 Å². The number of guanidine groups is 1. The Bertz CT molecular complexity index is 755. The molecule has 144 valence electrons. The second kappa shape index (κ2) is 9.55. The van der Waals surface area contributed by atoms with Crippen LogP contribution in [0.1, 0.15) is 29.7 Å². The first-order valence-electron chi connectivity index (χ1n) is 9.51. The Balaban J connectivity index is 1.51. The minimum absolute atomic E-state index is 0.236. The zero-order valence-electron chi connectivity index (χ0n) is 16.1. The van der Waals surface area contributed by atoms with E-state index in [9.17, 15) is 4.79 Å². The van der Waals surface area contributed by atoms with Crippen LogP contribution < -0.4 is 10.2 Å². The van der Waals surface area contributed by atoms with Crippen molar-refractivity contribution < 1.29 is 4.79 Å². The number of likely N-dealkylation sites (N-methyl/N-ethyl adjacent to an activating group) is 1. The van der Waals surface area contributed by atoms with Crippen LogP contribution in [-0.2, 0) is 17.8 Å². The largest absolute Gasteiger partial charge is 0.352 e. The van der Waals surface area contributed by atoms with Crippen molar-refractivity contribution >= 4 is 28.9 Å². The van der Waals surface area contributed by atoms with Crippen molar-refractivity contribution in [1.29, 1.82) is 0 Å². The molecule has 2 heterocycles. The van der Waals surface area contributed by atoms with Crippen LogP contribution >= 0.6 is 11.3 Å². The van der Waals surface area contributed by atoms with Gasteiger partial charge in [0.25, 0.3) is 0 Å². The number of hydrogen-bond acceptors (Lipinski definition) is 3. The maximum Gasteiger partial charge on any atom is 0.226 e. The van der Waals surface area contributed by atoms with Gasteiger partial charge < -0.3 is 15.1 Å². The minimum Gasteiger partial charge on any atom is -0.352 e. The Morgan fingerprint density at radius 1 is 1.26 bits per heavy atom. The van der Waals surface area contributed by atoms with Crippen LogP contribution in [-0.4, -0.2) is 44.0 Å². The van der Waals surface area contributed by atoms with Gasteiger partial charge in [-0.1, -0.05) is 18.2 Å². The SMILES string of the molecule is CN=C(NCc1ccc(N2CCCCC2=O)cc1)N(C)CCc1cccs1. The van der Waals surface area contributed by atoms with E-state index < -0.39 is 0 Å².